The molecule has 1 spiro atoms. The van der Waals surface area contributed by atoms with E-state index in [0.717, 1.165) is 11.8 Å². The fourth-order valence-corrected chi connectivity index (χ4v) is 3.56. The zero-order chi connectivity index (χ0) is 13.7. The van der Waals surface area contributed by atoms with Crippen LogP contribution in [0.25, 0.3) is 0 Å². The summed E-state index contributed by atoms with van der Waals surface area (Å²) in [6.45, 7) is 2.55. The van der Waals surface area contributed by atoms with Gasteiger partial charge in [-0.15, -0.1) is 0 Å². The van der Waals surface area contributed by atoms with E-state index < -0.39 is 0 Å². The molecular weight excluding hydrogens is 252 g/mol. The SMILES string of the molecule is N=C(N)c1ccc(OC2CC3(C2)CN(C2CC2)C3)cn1. The van der Waals surface area contributed by atoms with Crippen molar-refractivity contribution in [2.75, 3.05) is 13.1 Å². The number of likely N-dealkylation sites (tertiary alicyclic amines) is 1. The molecule has 4 rings (SSSR count). The van der Waals surface area contributed by atoms with Crippen LogP contribution in [0.2, 0.25) is 0 Å². The maximum absolute atomic E-state index is 7.31. The molecule has 3 aliphatic rings. The van der Waals surface area contributed by atoms with Gasteiger partial charge in [0.05, 0.1) is 6.20 Å². The first-order chi connectivity index (χ1) is 9.63. The highest BCUT2D eigenvalue weighted by Gasteiger charge is 2.55. The number of hydrogen-bond donors (Lipinski definition) is 2. The second kappa shape index (κ2) is 4.19. The number of nitrogen functional groups attached to an aromatic ring is 1. The van der Waals surface area contributed by atoms with Crippen LogP contribution in [0.1, 0.15) is 31.4 Å². The summed E-state index contributed by atoms with van der Waals surface area (Å²) in [6.07, 6.45) is 7.16. The van der Waals surface area contributed by atoms with Crippen LogP contribution in [-0.2, 0) is 0 Å². The van der Waals surface area contributed by atoms with Gasteiger partial charge in [0.25, 0.3) is 0 Å². The standard InChI is InChI=1S/C15H20N4O/c16-14(17)13-4-3-11(7-18-13)20-12-5-15(6-12)8-19(9-15)10-1-2-10/h3-4,7,10,12H,1-2,5-6,8-9H2,(H3,16,17). The average Bonchev–Trinajstić information content (AvgIpc) is 3.15. The number of rotatable bonds is 4. The summed E-state index contributed by atoms with van der Waals surface area (Å²) in [7, 11) is 0. The third-order valence-electron chi connectivity index (χ3n) is 4.78. The summed E-state index contributed by atoms with van der Waals surface area (Å²) < 4.78 is 5.94. The van der Waals surface area contributed by atoms with Gasteiger partial charge in [0, 0.05) is 24.5 Å². The topological polar surface area (TPSA) is 75.2 Å². The van der Waals surface area contributed by atoms with Gasteiger partial charge in [-0.05, 0) is 37.8 Å². The Balaban J connectivity index is 1.28. The van der Waals surface area contributed by atoms with E-state index in [1.54, 1.807) is 12.3 Å². The maximum Gasteiger partial charge on any atom is 0.141 e. The first-order valence-corrected chi connectivity index (χ1v) is 7.35. The smallest absolute Gasteiger partial charge is 0.141 e. The second-order valence-corrected chi connectivity index (χ2v) is 6.58. The summed E-state index contributed by atoms with van der Waals surface area (Å²) in [5.74, 6) is 0.780. The highest BCUT2D eigenvalue weighted by Crippen LogP contribution is 2.52. The Bertz CT molecular complexity index is 523. The van der Waals surface area contributed by atoms with E-state index in [9.17, 15) is 0 Å². The first kappa shape index (κ1) is 12.1. The molecule has 2 heterocycles. The number of nitrogens with two attached hydrogens (primary N) is 1. The van der Waals surface area contributed by atoms with Crippen LogP contribution in [0.4, 0.5) is 0 Å². The van der Waals surface area contributed by atoms with Crippen LogP contribution in [0.15, 0.2) is 18.3 Å². The van der Waals surface area contributed by atoms with Gasteiger partial charge in [-0.1, -0.05) is 0 Å². The van der Waals surface area contributed by atoms with E-state index in [2.05, 4.69) is 9.88 Å². The minimum absolute atomic E-state index is 0.00576. The molecular formula is C15H20N4O. The largest absolute Gasteiger partial charge is 0.489 e. The minimum Gasteiger partial charge on any atom is -0.489 e. The lowest BCUT2D eigenvalue weighted by molar-refractivity contribution is -0.122. The van der Waals surface area contributed by atoms with Crippen molar-refractivity contribution in [1.82, 2.24) is 9.88 Å². The van der Waals surface area contributed by atoms with Gasteiger partial charge in [0.2, 0.25) is 0 Å². The van der Waals surface area contributed by atoms with Crippen LogP contribution >= 0.6 is 0 Å². The van der Waals surface area contributed by atoms with E-state index in [-0.39, 0.29) is 5.84 Å². The molecule has 20 heavy (non-hydrogen) atoms. The molecule has 5 heteroatoms. The van der Waals surface area contributed by atoms with Crippen molar-refractivity contribution in [3.05, 3.63) is 24.0 Å². The molecule has 1 saturated heterocycles. The van der Waals surface area contributed by atoms with Crippen molar-refractivity contribution < 1.29 is 4.74 Å². The molecule has 3 fully saturated rings. The fourth-order valence-electron chi connectivity index (χ4n) is 3.56. The van der Waals surface area contributed by atoms with Gasteiger partial charge >= 0.3 is 0 Å². The van der Waals surface area contributed by atoms with Crippen LogP contribution < -0.4 is 10.5 Å². The predicted molar refractivity (Wildman–Crippen MR) is 75.9 cm³/mol. The Morgan fingerprint density at radius 3 is 2.65 bits per heavy atom. The summed E-state index contributed by atoms with van der Waals surface area (Å²) in [6, 6.07) is 4.50. The normalized spacial score (nSPS) is 25.0. The number of nitrogens with zero attached hydrogens (tertiary/aromatic N) is 2. The van der Waals surface area contributed by atoms with Crippen LogP contribution in [-0.4, -0.2) is 41.0 Å². The van der Waals surface area contributed by atoms with E-state index in [1.165, 1.54) is 38.8 Å². The van der Waals surface area contributed by atoms with Crippen molar-refractivity contribution in [2.45, 2.75) is 37.8 Å². The lowest BCUT2D eigenvalue weighted by Crippen LogP contribution is -2.65. The van der Waals surface area contributed by atoms with E-state index in [1.807, 2.05) is 6.07 Å². The quantitative estimate of drug-likeness (QED) is 0.641. The molecule has 0 aromatic carbocycles. The first-order valence-electron chi connectivity index (χ1n) is 7.35. The van der Waals surface area contributed by atoms with Crippen molar-refractivity contribution in [1.29, 1.82) is 5.41 Å². The molecule has 5 nitrogen and oxygen atoms in total. The number of ether oxygens (including phenoxy) is 1. The average molecular weight is 272 g/mol. The minimum atomic E-state index is -0.00576. The monoisotopic (exact) mass is 272 g/mol. The van der Waals surface area contributed by atoms with Crippen molar-refractivity contribution in [2.24, 2.45) is 11.1 Å². The van der Waals surface area contributed by atoms with E-state index >= 15 is 0 Å². The zero-order valence-corrected chi connectivity index (χ0v) is 11.5. The molecule has 106 valence electrons. The highest BCUT2D eigenvalue weighted by atomic mass is 16.5. The summed E-state index contributed by atoms with van der Waals surface area (Å²) in [4.78, 5) is 6.75. The highest BCUT2D eigenvalue weighted by molar-refractivity contribution is 5.92. The predicted octanol–water partition coefficient (Wildman–Crippen LogP) is 1.37. The molecule has 1 aromatic rings. The molecule has 0 bridgehead atoms. The Hall–Kier alpha value is -1.62. The van der Waals surface area contributed by atoms with Crippen molar-refractivity contribution in [3.63, 3.8) is 0 Å². The Morgan fingerprint density at radius 1 is 1.35 bits per heavy atom. The second-order valence-electron chi connectivity index (χ2n) is 6.58. The van der Waals surface area contributed by atoms with Gasteiger partial charge in [0.1, 0.15) is 23.4 Å². The maximum atomic E-state index is 7.31. The van der Waals surface area contributed by atoms with Crippen LogP contribution in [0, 0.1) is 10.8 Å². The van der Waals surface area contributed by atoms with Crippen molar-refractivity contribution >= 4 is 5.84 Å². The lowest BCUT2D eigenvalue weighted by Gasteiger charge is -2.59. The van der Waals surface area contributed by atoms with Crippen LogP contribution in [0.5, 0.6) is 5.75 Å². The molecule has 1 aromatic heterocycles. The fraction of sp³-hybridized carbons (Fsp3) is 0.600. The lowest BCUT2D eigenvalue weighted by atomic mass is 9.61. The van der Waals surface area contributed by atoms with E-state index in [0.29, 0.717) is 17.2 Å². The van der Waals surface area contributed by atoms with E-state index in [4.69, 9.17) is 15.9 Å². The molecule has 2 saturated carbocycles. The molecule has 0 atom stereocenters. The molecule has 0 radical (unpaired) electrons. The summed E-state index contributed by atoms with van der Waals surface area (Å²) in [5.41, 5.74) is 6.44. The number of hydrogen-bond acceptors (Lipinski definition) is 4. The number of amidine groups is 1. The summed E-state index contributed by atoms with van der Waals surface area (Å²) in [5, 5.41) is 7.31. The number of nitrogens with one attached hydrogen (secondary N) is 1. The third kappa shape index (κ3) is 2.06. The third-order valence-corrected chi connectivity index (χ3v) is 4.78. The Labute approximate surface area is 118 Å². The van der Waals surface area contributed by atoms with Gasteiger partial charge in [0.15, 0.2) is 0 Å². The molecule has 0 unspecified atom stereocenters. The number of aromatic nitrogens is 1. The molecule has 2 aliphatic carbocycles. The van der Waals surface area contributed by atoms with Gasteiger partial charge in [-0.3, -0.25) is 10.3 Å². The number of pyridine rings is 1. The molecule has 3 N–H and O–H groups in total. The molecule has 1 aliphatic heterocycles. The van der Waals surface area contributed by atoms with Crippen LogP contribution in [0.3, 0.4) is 0 Å². The van der Waals surface area contributed by atoms with Gasteiger partial charge in [-0.2, -0.15) is 0 Å². The zero-order valence-electron chi connectivity index (χ0n) is 11.5. The van der Waals surface area contributed by atoms with Gasteiger partial charge < -0.3 is 10.5 Å². The van der Waals surface area contributed by atoms with Gasteiger partial charge in [-0.25, -0.2) is 4.98 Å². The summed E-state index contributed by atoms with van der Waals surface area (Å²) >= 11 is 0. The molecule has 0 amide bonds. The van der Waals surface area contributed by atoms with Crippen molar-refractivity contribution in [3.8, 4) is 5.75 Å². The Kier molecular flexibility index (Phi) is 2.54. The Morgan fingerprint density at radius 2 is 2.10 bits per heavy atom.